The molecule has 1 saturated heterocycles. The number of esters is 1. The van der Waals surface area contributed by atoms with Crippen LogP contribution < -0.4 is 0 Å². The molecule has 4 heteroatoms. The molecule has 1 spiro atoms. The van der Waals surface area contributed by atoms with Gasteiger partial charge in [-0.2, -0.15) is 0 Å². The number of hydrogen-bond donors (Lipinski definition) is 0. The van der Waals surface area contributed by atoms with E-state index in [1.54, 1.807) is 0 Å². The van der Waals surface area contributed by atoms with Crippen LogP contribution in [0.15, 0.2) is 12.2 Å². The van der Waals surface area contributed by atoms with Crippen LogP contribution in [0.3, 0.4) is 0 Å². The van der Waals surface area contributed by atoms with Crippen molar-refractivity contribution in [3.63, 3.8) is 0 Å². The SMILES string of the molecule is CC(=O)OC1C=CCO[C@@]12CCCO2. The monoisotopic (exact) mass is 198 g/mol. The fourth-order valence-electron chi connectivity index (χ4n) is 1.88. The normalized spacial score (nSPS) is 36.2. The van der Waals surface area contributed by atoms with Gasteiger partial charge in [0, 0.05) is 13.3 Å². The number of ether oxygens (including phenoxy) is 3. The molecule has 0 bridgehead atoms. The number of carbonyl (C=O) groups excluding carboxylic acids is 1. The molecule has 1 fully saturated rings. The Morgan fingerprint density at radius 2 is 2.43 bits per heavy atom. The van der Waals surface area contributed by atoms with Gasteiger partial charge in [-0.15, -0.1) is 0 Å². The van der Waals surface area contributed by atoms with E-state index < -0.39 is 11.9 Å². The van der Waals surface area contributed by atoms with Gasteiger partial charge < -0.3 is 14.2 Å². The zero-order chi connectivity index (χ0) is 10.0. The molecule has 14 heavy (non-hydrogen) atoms. The average Bonchev–Trinajstić information content (AvgIpc) is 2.58. The van der Waals surface area contributed by atoms with Crippen molar-refractivity contribution < 1.29 is 19.0 Å². The highest BCUT2D eigenvalue weighted by atomic mass is 16.7. The van der Waals surface area contributed by atoms with E-state index in [1.165, 1.54) is 6.92 Å². The maximum Gasteiger partial charge on any atom is 0.303 e. The van der Waals surface area contributed by atoms with Crippen LogP contribution in [0, 0.1) is 0 Å². The maximum absolute atomic E-state index is 10.9. The highest BCUT2D eigenvalue weighted by Gasteiger charge is 2.46. The first-order chi connectivity index (χ1) is 6.73. The van der Waals surface area contributed by atoms with Crippen molar-refractivity contribution in [3.05, 3.63) is 12.2 Å². The van der Waals surface area contributed by atoms with E-state index in [0.717, 1.165) is 12.8 Å². The minimum atomic E-state index is -0.708. The third-order valence-electron chi connectivity index (χ3n) is 2.48. The first-order valence-corrected chi connectivity index (χ1v) is 4.85. The predicted octanol–water partition coefficient (Wildman–Crippen LogP) is 1.01. The summed E-state index contributed by atoms with van der Waals surface area (Å²) < 4.78 is 16.3. The van der Waals surface area contributed by atoms with Crippen LogP contribution in [0.2, 0.25) is 0 Å². The van der Waals surface area contributed by atoms with Gasteiger partial charge in [-0.3, -0.25) is 4.79 Å². The molecule has 0 N–H and O–H groups in total. The van der Waals surface area contributed by atoms with Crippen molar-refractivity contribution in [2.75, 3.05) is 13.2 Å². The zero-order valence-electron chi connectivity index (χ0n) is 8.19. The van der Waals surface area contributed by atoms with Gasteiger partial charge in [-0.25, -0.2) is 0 Å². The van der Waals surface area contributed by atoms with Crippen molar-refractivity contribution in [1.82, 2.24) is 0 Å². The quantitative estimate of drug-likeness (QED) is 0.466. The van der Waals surface area contributed by atoms with Gasteiger partial charge in [-0.05, 0) is 12.5 Å². The van der Waals surface area contributed by atoms with Crippen LogP contribution in [0.25, 0.3) is 0 Å². The second-order valence-electron chi connectivity index (χ2n) is 3.53. The van der Waals surface area contributed by atoms with Gasteiger partial charge in [0.2, 0.25) is 5.79 Å². The molecule has 78 valence electrons. The van der Waals surface area contributed by atoms with Crippen molar-refractivity contribution in [1.29, 1.82) is 0 Å². The van der Waals surface area contributed by atoms with Gasteiger partial charge in [0.1, 0.15) is 0 Å². The molecule has 1 unspecified atom stereocenters. The smallest absolute Gasteiger partial charge is 0.303 e. The molecule has 4 nitrogen and oxygen atoms in total. The molecule has 2 aliphatic heterocycles. The van der Waals surface area contributed by atoms with Crippen molar-refractivity contribution >= 4 is 5.97 Å². The summed E-state index contributed by atoms with van der Waals surface area (Å²) in [7, 11) is 0. The summed E-state index contributed by atoms with van der Waals surface area (Å²) in [6, 6.07) is 0. The van der Waals surface area contributed by atoms with Crippen LogP contribution in [0.4, 0.5) is 0 Å². The summed E-state index contributed by atoms with van der Waals surface area (Å²) in [5.74, 6) is -1.01. The van der Waals surface area contributed by atoms with E-state index in [2.05, 4.69) is 0 Å². The van der Waals surface area contributed by atoms with E-state index >= 15 is 0 Å². The molecule has 0 saturated carbocycles. The van der Waals surface area contributed by atoms with Crippen LogP contribution in [0.5, 0.6) is 0 Å². The van der Waals surface area contributed by atoms with Gasteiger partial charge >= 0.3 is 5.97 Å². The lowest BCUT2D eigenvalue weighted by Crippen LogP contribution is -2.47. The predicted molar refractivity (Wildman–Crippen MR) is 48.6 cm³/mol. The van der Waals surface area contributed by atoms with Gasteiger partial charge in [0.05, 0.1) is 13.2 Å². The van der Waals surface area contributed by atoms with E-state index in [4.69, 9.17) is 14.2 Å². The Labute approximate surface area is 82.8 Å². The van der Waals surface area contributed by atoms with E-state index in [-0.39, 0.29) is 5.97 Å². The van der Waals surface area contributed by atoms with Gasteiger partial charge in [-0.1, -0.05) is 6.08 Å². The highest BCUT2D eigenvalue weighted by Crippen LogP contribution is 2.34. The summed E-state index contributed by atoms with van der Waals surface area (Å²) in [5, 5.41) is 0. The second-order valence-corrected chi connectivity index (χ2v) is 3.53. The first kappa shape index (κ1) is 9.68. The number of rotatable bonds is 1. The first-order valence-electron chi connectivity index (χ1n) is 4.85. The van der Waals surface area contributed by atoms with Gasteiger partial charge in [0.15, 0.2) is 6.10 Å². The van der Waals surface area contributed by atoms with Crippen molar-refractivity contribution in [2.45, 2.75) is 31.7 Å². The van der Waals surface area contributed by atoms with E-state index in [9.17, 15) is 4.79 Å². The molecular weight excluding hydrogens is 184 g/mol. The molecule has 2 atom stereocenters. The minimum Gasteiger partial charge on any atom is -0.453 e. The largest absolute Gasteiger partial charge is 0.453 e. The Kier molecular flexibility index (Phi) is 2.56. The number of hydrogen-bond acceptors (Lipinski definition) is 4. The summed E-state index contributed by atoms with van der Waals surface area (Å²) in [6.07, 6.45) is 5.04. The molecule has 2 heterocycles. The van der Waals surface area contributed by atoms with Crippen LogP contribution in [-0.2, 0) is 19.0 Å². The van der Waals surface area contributed by atoms with Crippen molar-refractivity contribution in [2.24, 2.45) is 0 Å². The average molecular weight is 198 g/mol. The summed E-state index contributed by atoms with van der Waals surface area (Å²) in [5.41, 5.74) is 0. The number of carbonyl (C=O) groups is 1. The topological polar surface area (TPSA) is 44.8 Å². The summed E-state index contributed by atoms with van der Waals surface area (Å²) in [4.78, 5) is 10.9. The van der Waals surface area contributed by atoms with Crippen LogP contribution in [-0.4, -0.2) is 31.1 Å². The third-order valence-corrected chi connectivity index (χ3v) is 2.48. The molecule has 0 aromatic rings. The van der Waals surface area contributed by atoms with E-state index in [0.29, 0.717) is 13.2 Å². The Balaban J connectivity index is 2.13. The third kappa shape index (κ3) is 1.67. The van der Waals surface area contributed by atoms with E-state index in [1.807, 2.05) is 12.2 Å². The molecule has 0 aromatic heterocycles. The fourth-order valence-corrected chi connectivity index (χ4v) is 1.88. The zero-order valence-corrected chi connectivity index (χ0v) is 8.19. The molecular formula is C10H14O4. The van der Waals surface area contributed by atoms with Crippen molar-refractivity contribution in [3.8, 4) is 0 Å². The highest BCUT2D eigenvalue weighted by molar-refractivity contribution is 5.66. The molecule has 0 amide bonds. The second kappa shape index (κ2) is 3.71. The Morgan fingerprint density at radius 3 is 3.07 bits per heavy atom. The Hall–Kier alpha value is -0.870. The Bertz CT molecular complexity index is 253. The summed E-state index contributed by atoms with van der Waals surface area (Å²) in [6.45, 7) is 2.59. The minimum absolute atomic E-state index is 0.306. The Morgan fingerprint density at radius 1 is 1.57 bits per heavy atom. The lowest BCUT2D eigenvalue weighted by atomic mass is 10.0. The molecule has 2 rings (SSSR count). The molecule has 2 aliphatic rings. The molecule has 0 radical (unpaired) electrons. The molecule has 0 aliphatic carbocycles. The van der Waals surface area contributed by atoms with Gasteiger partial charge in [0.25, 0.3) is 0 Å². The maximum atomic E-state index is 10.9. The lowest BCUT2D eigenvalue weighted by molar-refractivity contribution is -0.255. The molecule has 0 aromatic carbocycles. The van der Waals surface area contributed by atoms with Crippen LogP contribution in [0.1, 0.15) is 19.8 Å². The van der Waals surface area contributed by atoms with Crippen LogP contribution >= 0.6 is 0 Å². The lowest BCUT2D eigenvalue weighted by Gasteiger charge is -2.36. The standard InChI is InChI=1S/C10H14O4/c1-8(11)14-9-4-2-6-12-10(9)5-3-7-13-10/h2,4,9H,3,5-7H2,1H3/t9?,10-/m1/s1. The summed E-state index contributed by atoms with van der Waals surface area (Å²) >= 11 is 0. The fraction of sp³-hybridized carbons (Fsp3) is 0.700.